The van der Waals surface area contributed by atoms with Gasteiger partial charge in [-0.1, -0.05) is 31.7 Å². The summed E-state index contributed by atoms with van der Waals surface area (Å²) in [5.74, 6) is -3.19. The fourth-order valence-electron chi connectivity index (χ4n) is 3.87. The van der Waals surface area contributed by atoms with E-state index in [2.05, 4.69) is 10.1 Å². The first-order valence-electron chi connectivity index (χ1n) is 10.3. The Morgan fingerprint density at radius 1 is 1.25 bits per heavy atom. The number of halogens is 1. The van der Waals surface area contributed by atoms with Crippen LogP contribution in [0.1, 0.15) is 24.5 Å². The highest BCUT2D eigenvalue weighted by Crippen LogP contribution is 2.36. The van der Waals surface area contributed by atoms with E-state index in [1.807, 2.05) is 19.1 Å². The predicted molar refractivity (Wildman–Crippen MR) is 136 cm³/mol. The molecule has 0 fully saturated rings. The molecule has 1 aliphatic rings. The third-order valence-electron chi connectivity index (χ3n) is 5.42. The molecule has 184 valence electrons. The van der Waals surface area contributed by atoms with Crippen LogP contribution in [0.25, 0.3) is 17.5 Å². The van der Waals surface area contributed by atoms with Crippen LogP contribution in [0, 0.1) is 24.1 Å². The van der Waals surface area contributed by atoms with E-state index in [-0.39, 0.29) is 33.6 Å². The quantitative estimate of drug-likeness (QED) is 0.522. The molecule has 2 aromatic carbocycles. The number of nitrogens with zero attached hydrogens (tertiary/aromatic N) is 2. The lowest BCUT2D eigenvalue weighted by atomic mass is 9.83. The number of nitriles is 1. The Balaban J connectivity index is 0.00000361. The molecular weight excluding hydrogens is 483 g/mol. The molecule has 10 heteroatoms. The van der Waals surface area contributed by atoms with Crippen LogP contribution in [0.5, 0.6) is 0 Å². The van der Waals surface area contributed by atoms with Gasteiger partial charge in [0.05, 0.1) is 30.2 Å². The Bertz CT molecular complexity index is 1630. The number of benzene rings is 2. The summed E-state index contributed by atoms with van der Waals surface area (Å²) in [5.41, 5.74) is 7.19. The second-order valence-corrected chi connectivity index (χ2v) is 8.75. The molecule has 0 saturated carbocycles. The lowest BCUT2D eigenvalue weighted by Gasteiger charge is -2.25. The molecule has 2 heterocycles. The number of rotatable bonds is 4. The molecule has 8 nitrogen and oxygen atoms in total. The summed E-state index contributed by atoms with van der Waals surface area (Å²) in [7, 11) is 1.17. The number of carbonyl (C=O) groups is 2. The smallest absolute Gasteiger partial charge is 0.332 e. The number of ether oxygens (including phenoxy) is 1. The van der Waals surface area contributed by atoms with Gasteiger partial charge in [0, 0.05) is 11.8 Å². The molecule has 1 aliphatic heterocycles. The third kappa shape index (κ3) is 4.69. The summed E-state index contributed by atoms with van der Waals surface area (Å²) < 4.78 is 19.9. The maximum atomic E-state index is 14.2. The van der Waals surface area contributed by atoms with Gasteiger partial charge in [0.15, 0.2) is 0 Å². The maximum absolute atomic E-state index is 14.2. The molecule has 1 aromatic heterocycles. The Morgan fingerprint density at radius 3 is 2.61 bits per heavy atom. The SMILES string of the molecule is C.COC(=O)/C=c1\sc2n(c1=O)C(N)=C(C#N)C(c1cccc(F)c1)C=2C(=O)Nc1cccc(C)c1. The number of anilines is 1. The van der Waals surface area contributed by atoms with Gasteiger partial charge in [-0.2, -0.15) is 5.26 Å². The molecule has 1 unspecified atom stereocenters. The van der Waals surface area contributed by atoms with Crippen LogP contribution in [0.4, 0.5) is 10.1 Å². The fraction of sp³-hybridized carbons (Fsp3) is 0.154. The minimum atomic E-state index is -1.05. The molecule has 36 heavy (non-hydrogen) atoms. The molecule has 0 bridgehead atoms. The van der Waals surface area contributed by atoms with Crippen molar-refractivity contribution < 1.29 is 18.7 Å². The van der Waals surface area contributed by atoms with Crippen molar-refractivity contribution in [2.24, 2.45) is 5.73 Å². The van der Waals surface area contributed by atoms with Gasteiger partial charge in [-0.3, -0.25) is 14.2 Å². The number of hydrogen-bond acceptors (Lipinski definition) is 7. The Morgan fingerprint density at radius 2 is 1.97 bits per heavy atom. The average molecular weight is 507 g/mol. The van der Waals surface area contributed by atoms with Gasteiger partial charge in [0.2, 0.25) is 0 Å². The Kier molecular flexibility index (Phi) is 7.56. The van der Waals surface area contributed by atoms with E-state index >= 15 is 0 Å². The largest absolute Gasteiger partial charge is 0.466 e. The maximum Gasteiger partial charge on any atom is 0.332 e. The van der Waals surface area contributed by atoms with Gasteiger partial charge < -0.3 is 15.8 Å². The van der Waals surface area contributed by atoms with Crippen molar-refractivity contribution >= 4 is 46.4 Å². The summed E-state index contributed by atoms with van der Waals surface area (Å²) in [6.07, 6.45) is 0.991. The molecule has 0 aliphatic carbocycles. The van der Waals surface area contributed by atoms with Gasteiger partial charge in [-0.25, -0.2) is 9.18 Å². The van der Waals surface area contributed by atoms with Gasteiger partial charge in [-0.15, -0.1) is 11.3 Å². The van der Waals surface area contributed by atoms with Crippen LogP contribution in [-0.2, 0) is 14.3 Å². The summed E-state index contributed by atoms with van der Waals surface area (Å²) in [4.78, 5) is 38.6. The molecule has 3 aromatic rings. The highest BCUT2D eigenvalue weighted by Gasteiger charge is 2.35. The first kappa shape index (κ1) is 26.1. The van der Waals surface area contributed by atoms with Crippen molar-refractivity contribution in [2.75, 3.05) is 12.4 Å². The first-order valence-corrected chi connectivity index (χ1v) is 11.2. The predicted octanol–water partition coefficient (Wildman–Crippen LogP) is 2.18. The summed E-state index contributed by atoms with van der Waals surface area (Å²) in [6.45, 7) is 1.86. The summed E-state index contributed by atoms with van der Waals surface area (Å²) >= 11 is 0.854. The lowest BCUT2D eigenvalue weighted by molar-refractivity contribution is -0.133. The second kappa shape index (κ2) is 10.4. The van der Waals surface area contributed by atoms with Crippen LogP contribution in [0.2, 0.25) is 0 Å². The zero-order valence-electron chi connectivity index (χ0n) is 18.7. The van der Waals surface area contributed by atoms with Crippen molar-refractivity contribution in [1.82, 2.24) is 4.57 Å². The highest BCUT2D eigenvalue weighted by molar-refractivity contribution is 7.07. The normalized spacial score (nSPS) is 15.0. The van der Waals surface area contributed by atoms with Crippen LogP contribution in [-0.4, -0.2) is 23.6 Å². The number of fused-ring (bicyclic) bond motifs is 1. The number of aryl methyl sites for hydroxylation is 1. The van der Waals surface area contributed by atoms with Gasteiger partial charge >= 0.3 is 5.97 Å². The molecule has 1 atom stereocenters. The van der Waals surface area contributed by atoms with E-state index in [9.17, 15) is 24.0 Å². The average Bonchev–Trinajstić information content (AvgIpc) is 3.14. The van der Waals surface area contributed by atoms with E-state index in [0.717, 1.165) is 27.5 Å². The fourth-order valence-corrected chi connectivity index (χ4v) is 5.01. The molecule has 0 radical (unpaired) electrons. The third-order valence-corrected chi connectivity index (χ3v) is 6.53. The number of amides is 1. The van der Waals surface area contributed by atoms with Gasteiger partial charge in [0.1, 0.15) is 20.8 Å². The number of nitrogens with one attached hydrogen (secondary N) is 1. The minimum Gasteiger partial charge on any atom is -0.466 e. The molecular formula is C26H23FN4O4S. The van der Waals surface area contributed by atoms with Crippen LogP contribution >= 0.6 is 11.3 Å². The first-order chi connectivity index (χ1) is 16.7. The standard InChI is InChI=1S/C25H19FN4O4S.CH4/c1-13-5-3-8-16(9-13)29-23(32)21-20(14-6-4-7-15(26)10-14)17(12-27)22(28)30-24(33)18(35-25(21)30)11-19(31)34-2;/h3-11,20H,28H2,1-2H3,(H,29,32);1H4/b18-11-;. The monoisotopic (exact) mass is 506 g/mol. The molecule has 1 amide bonds. The van der Waals surface area contributed by atoms with Gasteiger partial charge in [-0.05, 0) is 42.3 Å². The Hall–Kier alpha value is -4.49. The molecule has 0 spiro atoms. The van der Waals surface area contributed by atoms with E-state index in [0.29, 0.717) is 11.3 Å². The van der Waals surface area contributed by atoms with Crippen molar-refractivity contribution in [2.45, 2.75) is 20.3 Å². The van der Waals surface area contributed by atoms with E-state index in [4.69, 9.17) is 5.73 Å². The minimum absolute atomic E-state index is 0. The zero-order valence-corrected chi connectivity index (χ0v) is 19.5. The van der Waals surface area contributed by atoms with Crippen molar-refractivity contribution in [1.29, 1.82) is 5.26 Å². The van der Waals surface area contributed by atoms with Crippen molar-refractivity contribution in [3.05, 3.63) is 90.6 Å². The topological polar surface area (TPSA) is 127 Å². The van der Waals surface area contributed by atoms with Crippen molar-refractivity contribution in [3.8, 4) is 6.07 Å². The summed E-state index contributed by atoms with van der Waals surface area (Å²) in [6, 6.07) is 14.5. The van der Waals surface area contributed by atoms with Gasteiger partial charge in [0.25, 0.3) is 11.5 Å². The zero-order chi connectivity index (χ0) is 25.3. The number of esters is 1. The molecule has 3 N–H and O–H groups in total. The van der Waals surface area contributed by atoms with Crippen LogP contribution in [0.15, 0.2) is 58.9 Å². The Labute approximate surface area is 210 Å². The number of nitrogens with two attached hydrogens (primary N) is 1. The van der Waals surface area contributed by atoms with Crippen LogP contribution < -0.4 is 25.8 Å². The van der Waals surface area contributed by atoms with E-state index < -0.39 is 29.2 Å². The number of thiazole rings is 1. The summed E-state index contributed by atoms with van der Waals surface area (Å²) in [5, 5.41) is 12.8. The van der Waals surface area contributed by atoms with E-state index in [1.165, 1.54) is 25.3 Å². The highest BCUT2D eigenvalue weighted by atomic mass is 32.1. The number of carbonyl (C=O) groups excluding carboxylic acids is 2. The van der Waals surface area contributed by atoms with E-state index in [1.54, 1.807) is 24.3 Å². The molecule has 0 saturated heterocycles. The second-order valence-electron chi connectivity index (χ2n) is 7.72. The van der Waals surface area contributed by atoms with Crippen molar-refractivity contribution in [3.63, 3.8) is 0 Å². The number of aromatic nitrogens is 1. The number of hydrogen-bond donors (Lipinski definition) is 2. The number of methoxy groups -OCH3 is 1. The lowest BCUT2D eigenvalue weighted by Crippen LogP contribution is -2.40. The van der Waals surface area contributed by atoms with Crippen LogP contribution in [0.3, 0.4) is 0 Å². The number of allylic oxidation sites excluding steroid dienone is 1. The molecule has 4 rings (SSSR count).